The van der Waals surface area contributed by atoms with Crippen molar-refractivity contribution in [1.82, 2.24) is 0 Å². The van der Waals surface area contributed by atoms with E-state index in [2.05, 4.69) is 0 Å². The Balaban J connectivity index is 1.67. The molecule has 2 saturated carbocycles. The normalized spacial score (nSPS) is 24.7. The zero-order valence-corrected chi connectivity index (χ0v) is 22.6. The van der Waals surface area contributed by atoms with Crippen LogP contribution in [-0.2, 0) is 22.4 Å². The van der Waals surface area contributed by atoms with Gasteiger partial charge in [0.15, 0.2) is 0 Å². The monoisotopic (exact) mass is 498 g/mol. The molecule has 0 radical (unpaired) electrons. The van der Waals surface area contributed by atoms with Gasteiger partial charge in [0.05, 0.1) is 0 Å². The molecular weight excluding hydrogens is 448 g/mol. The van der Waals surface area contributed by atoms with Crippen LogP contribution in [-0.4, -0.2) is 21.8 Å². The van der Waals surface area contributed by atoms with Crippen molar-refractivity contribution in [3.63, 3.8) is 0 Å². The van der Waals surface area contributed by atoms with E-state index >= 15 is 0 Å². The van der Waals surface area contributed by atoms with Crippen LogP contribution in [0.5, 0.6) is 11.5 Å². The van der Waals surface area contributed by atoms with Crippen molar-refractivity contribution in [1.29, 1.82) is 0 Å². The summed E-state index contributed by atoms with van der Waals surface area (Å²) in [6, 6.07) is 3.32. The van der Waals surface area contributed by atoms with Crippen LogP contribution in [0, 0.1) is 11.8 Å². The summed E-state index contributed by atoms with van der Waals surface area (Å²) in [5.74, 6) is 0.737. The Morgan fingerprint density at radius 3 is 1.17 bits per heavy atom. The third-order valence-corrected chi connectivity index (χ3v) is 8.57. The van der Waals surface area contributed by atoms with Crippen LogP contribution < -0.4 is 0 Å². The first-order valence-electron chi connectivity index (χ1n) is 15.1. The average Bonchev–Trinajstić information content (AvgIpc) is 2.85. The second-order valence-corrected chi connectivity index (χ2v) is 11.6. The largest absolute Gasteiger partial charge is 0.508 e. The van der Waals surface area contributed by atoms with E-state index < -0.39 is 0 Å². The van der Waals surface area contributed by atoms with Gasteiger partial charge in [-0.2, -0.15) is 0 Å². The topological polar surface area (TPSA) is 74.6 Å². The number of aromatic hydroxyl groups is 2. The lowest BCUT2D eigenvalue weighted by molar-refractivity contribution is -0.124. The van der Waals surface area contributed by atoms with Crippen LogP contribution in [0.4, 0.5) is 0 Å². The van der Waals surface area contributed by atoms with E-state index in [0.717, 1.165) is 64.2 Å². The third-order valence-electron chi connectivity index (χ3n) is 8.57. The van der Waals surface area contributed by atoms with Gasteiger partial charge in [0.1, 0.15) is 23.1 Å². The van der Waals surface area contributed by atoms with Crippen LogP contribution in [0.3, 0.4) is 0 Å². The fourth-order valence-electron chi connectivity index (χ4n) is 6.18. The molecule has 1 aromatic carbocycles. The molecular formula is C32H50O4. The molecule has 3 rings (SSSR count). The minimum atomic E-state index is -0.0894. The minimum Gasteiger partial charge on any atom is -0.508 e. The first kappa shape index (κ1) is 28.7. The standard InChI is InChI=1S/C32H50O4/c33-29-19-15-11-7-3-1-5-9-13-17-25(29)21-27-23-32(36)28(24-31(27)35)22-26-18-14-10-6-2-4-8-12-16-20-30(26)34/h23-26,35-36H,1-22H2/t25-,26-/m1/s1. The van der Waals surface area contributed by atoms with E-state index in [1.54, 1.807) is 12.1 Å². The van der Waals surface area contributed by atoms with Crippen molar-refractivity contribution in [3.05, 3.63) is 23.3 Å². The molecule has 1 aromatic rings. The van der Waals surface area contributed by atoms with Crippen LogP contribution in [0.1, 0.15) is 140 Å². The fraction of sp³-hybridized carbons (Fsp3) is 0.750. The highest BCUT2D eigenvalue weighted by molar-refractivity contribution is 5.82. The number of carbonyl (C=O) groups is 2. The molecule has 2 atom stereocenters. The highest BCUT2D eigenvalue weighted by Gasteiger charge is 2.24. The Morgan fingerprint density at radius 1 is 0.500 bits per heavy atom. The SMILES string of the molecule is O=C1CCCCCCCCCC[C@@H]1Cc1cc(O)c(C[C@H]2CCCCCCCCCCC2=O)cc1O. The number of ketones is 2. The first-order chi connectivity index (χ1) is 17.5. The lowest BCUT2D eigenvalue weighted by Crippen LogP contribution is -2.19. The summed E-state index contributed by atoms with van der Waals surface area (Å²) < 4.78 is 0. The van der Waals surface area contributed by atoms with Gasteiger partial charge in [-0.05, 0) is 61.8 Å². The van der Waals surface area contributed by atoms with Gasteiger partial charge in [-0.15, -0.1) is 0 Å². The van der Waals surface area contributed by atoms with Gasteiger partial charge in [-0.3, -0.25) is 9.59 Å². The maximum absolute atomic E-state index is 13.0. The van der Waals surface area contributed by atoms with Crippen LogP contribution in [0.25, 0.3) is 0 Å². The molecule has 2 aliphatic carbocycles. The van der Waals surface area contributed by atoms with E-state index in [4.69, 9.17) is 0 Å². The van der Waals surface area contributed by atoms with Crippen molar-refractivity contribution in [2.45, 2.75) is 141 Å². The molecule has 0 aromatic heterocycles. The number of hydrogen-bond donors (Lipinski definition) is 2. The van der Waals surface area contributed by atoms with Crippen LogP contribution in [0.15, 0.2) is 12.1 Å². The van der Waals surface area contributed by atoms with Gasteiger partial charge in [0.25, 0.3) is 0 Å². The zero-order chi connectivity index (χ0) is 25.6. The second-order valence-electron chi connectivity index (χ2n) is 11.6. The van der Waals surface area contributed by atoms with E-state index in [1.807, 2.05) is 0 Å². The quantitative estimate of drug-likeness (QED) is 0.409. The van der Waals surface area contributed by atoms with Gasteiger partial charge in [0, 0.05) is 24.7 Å². The second kappa shape index (κ2) is 16.1. The summed E-state index contributed by atoms with van der Waals surface area (Å²) in [4.78, 5) is 25.9. The maximum Gasteiger partial charge on any atom is 0.136 e. The third kappa shape index (κ3) is 9.90. The Morgan fingerprint density at radius 2 is 0.806 bits per heavy atom. The molecule has 0 heterocycles. The van der Waals surface area contributed by atoms with E-state index in [-0.39, 0.29) is 23.3 Å². The predicted octanol–water partition coefficient (Wildman–Crippen LogP) is 8.38. The Labute approximate surface area is 219 Å². The van der Waals surface area contributed by atoms with Crippen molar-refractivity contribution in [2.75, 3.05) is 0 Å². The van der Waals surface area contributed by atoms with Gasteiger partial charge in [0.2, 0.25) is 0 Å². The van der Waals surface area contributed by atoms with E-state index in [1.165, 1.54) is 51.4 Å². The molecule has 2 aliphatic rings. The molecule has 4 heteroatoms. The highest BCUT2D eigenvalue weighted by atomic mass is 16.3. The van der Waals surface area contributed by atoms with Crippen molar-refractivity contribution >= 4 is 11.6 Å². The fourth-order valence-corrected chi connectivity index (χ4v) is 6.18. The van der Waals surface area contributed by atoms with Crippen LogP contribution in [0.2, 0.25) is 0 Å². The zero-order valence-electron chi connectivity index (χ0n) is 22.6. The number of hydrogen-bond acceptors (Lipinski definition) is 4. The lowest BCUT2D eigenvalue weighted by atomic mass is 9.84. The van der Waals surface area contributed by atoms with Gasteiger partial charge in [-0.25, -0.2) is 0 Å². The maximum atomic E-state index is 13.0. The number of phenols is 2. The molecule has 0 spiro atoms. The summed E-state index contributed by atoms with van der Waals surface area (Å²) in [7, 11) is 0. The Hall–Kier alpha value is -1.84. The Kier molecular flexibility index (Phi) is 12.8. The molecule has 2 fully saturated rings. The molecule has 202 valence electrons. The van der Waals surface area contributed by atoms with Gasteiger partial charge < -0.3 is 10.2 Å². The summed E-state index contributed by atoms with van der Waals surface area (Å²) in [6.45, 7) is 0. The number of Topliss-reactive ketones (excluding diaryl/α,β-unsaturated/α-hetero) is 2. The summed E-state index contributed by atoms with van der Waals surface area (Å²) >= 11 is 0. The molecule has 4 nitrogen and oxygen atoms in total. The summed E-state index contributed by atoms with van der Waals surface area (Å²) in [6.07, 6.45) is 22.6. The lowest BCUT2D eigenvalue weighted by Gasteiger charge is -2.20. The summed E-state index contributed by atoms with van der Waals surface area (Å²) in [5, 5.41) is 21.8. The molecule has 36 heavy (non-hydrogen) atoms. The van der Waals surface area contributed by atoms with Gasteiger partial charge in [-0.1, -0.05) is 89.9 Å². The number of rotatable bonds is 4. The summed E-state index contributed by atoms with van der Waals surface area (Å²) in [5.41, 5.74) is 1.32. The highest BCUT2D eigenvalue weighted by Crippen LogP contribution is 2.34. The molecule has 2 N–H and O–H groups in total. The van der Waals surface area contributed by atoms with Gasteiger partial charge >= 0.3 is 0 Å². The molecule has 0 aliphatic heterocycles. The smallest absolute Gasteiger partial charge is 0.136 e. The Bertz CT molecular complexity index is 747. The first-order valence-corrected chi connectivity index (χ1v) is 15.1. The van der Waals surface area contributed by atoms with Crippen molar-refractivity contribution in [2.24, 2.45) is 11.8 Å². The molecule has 0 bridgehead atoms. The minimum absolute atomic E-state index is 0.0894. The number of carbonyl (C=O) groups excluding carboxylic acids is 2. The molecule has 0 unspecified atom stereocenters. The van der Waals surface area contributed by atoms with Crippen molar-refractivity contribution < 1.29 is 19.8 Å². The van der Waals surface area contributed by atoms with E-state index in [0.29, 0.717) is 48.4 Å². The average molecular weight is 499 g/mol. The molecule has 0 amide bonds. The van der Waals surface area contributed by atoms with E-state index in [9.17, 15) is 19.8 Å². The predicted molar refractivity (Wildman–Crippen MR) is 147 cm³/mol. The van der Waals surface area contributed by atoms with Crippen LogP contribution >= 0.6 is 0 Å². The van der Waals surface area contributed by atoms with Crippen molar-refractivity contribution in [3.8, 4) is 11.5 Å². The number of benzene rings is 1. The number of phenolic OH excluding ortho intramolecular Hbond substituents is 2. The molecule has 0 saturated heterocycles.